The van der Waals surface area contributed by atoms with Crippen molar-refractivity contribution in [2.75, 3.05) is 25.5 Å². The van der Waals surface area contributed by atoms with Crippen LogP contribution in [0.3, 0.4) is 0 Å². The number of hydrogen-bond donors (Lipinski definition) is 2. The quantitative estimate of drug-likeness (QED) is 0.643. The molecule has 0 saturated carbocycles. The average molecular weight is 330 g/mol. The molecule has 2 aliphatic heterocycles. The molecule has 2 aliphatic rings. The van der Waals surface area contributed by atoms with E-state index in [0.29, 0.717) is 24.8 Å². The highest BCUT2D eigenvalue weighted by molar-refractivity contribution is 5.80. The van der Waals surface area contributed by atoms with Gasteiger partial charge in [0.15, 0.2) is 5.96 Å². The Labute approximate surface area is 145 Å². The number of rotatable bonds is 5. The lowest BCUT2D eigenvalue weighted by Gasteiger charge is -2.23. The minimum absolute atomic E-state index is 0.357. The summed E-state index contributed by atoms with van der Waals surface area (Å²) in [4.78, 5) is 6.97. The Bertz CT molecular complexity index is 599. The van der Waals surface area contributed by atoms with Crippen LogP contribution in [0.1, 0.15) is 37.3 Å². The van der Waals surface area contributed by atoms with Crippen molar-refractivity contribution in [2.24, 2.45) is 4.99 Å². The van der Waals surface area contributed by atoms with Crippen LogP contribution in [0.15, 0.2) is 23.2 Å². The van der Waals surface area contributed by atoms with Crippen LogP contribution in [-0.4, -0.2) is 44.8 Å². The van der Waals surface area contributed by atoms with E-state index >= 15 is 0 Å². The monoisotopic (exact) mass is 330 g/mol. The maximum absolute atomic E-state index is 5.94. The van der Waals surface area contributed by atoms with Gasteiger partial charge < -0.3 is 20.3 Å². The first-order chi connectivity index (χ1) is 11.6. The summed E-state index contributed by atoms with van der Waals surface area (Å²) in [5.74, 6) is 0.893. The summed E-state index contributed by atoms with van der Waals surface area (Å²) < 4.78 is 5.94. The third-order valence-corrected chi connectivity index (χ3v) is 4.90. The molecule has 1 aromatic rings. The minimum atomic E-state index is 0.357. The van der Waals surface area contributed by atoms with Gasteiger partial charge in [-0.15, -0.1) is 0 Å². The summed E-state index contributed by atoms with van der Waals surface area (Å²) in [6, 6.07) is 6.95. The van der Waals surface area contributed by atoms with Gasteiger partial charge in [-0.25, -0.2) is 4.99 Å². The first-order valence-corrected chi connectivity index (χ1v) is 9.04. The fourth-order valence-corrected chi connectivity index (χ4v) is 3.67. The molecule has 24 heavy (non-hydrogen) atoms. The predicted octanol–water partition coefficient (Wildman–Crippen LogP) is 2.44. The van der Waals surface area contributed by atoms with Crippen LogP contribution in [0, 0.1) is 6.92 Å². The molecule has 5 nitrogen and oxygen atoms in total. The lowest BCUT2D eigenvalue weighted by molar-refractivity contribution is 0.0992. The molecule has 132 valence electrons. The molecule has 2 fully saturated rings. The molecule has 1 aromatic carbocycles. The molecule has 2 heterocycles. The molecule has 2 saturated heterocycles. The van der Waals surface area contributed by atoms with Gasteiger partial charge in [-0.2, -0.15) is 0 Å². The number of guanidine groups is 1. The van der Waals surface area contributed by atoms with Gasteiger partial charge in [0, 0.05) is 26.3 Å². The van der Waals surface area contributed by atoms with Crippen molar-refractivity contribution in [3.8, 4) is 0 Å². The van der Waals surface area contributed by atoms with Crippen LogP contribution in [0.4, 0.5) is 5.69 Å². The molecular formula is C19H30N4O. The van der Waals surface area contributed by atoms with Gasteiger partial charge in [0.2, 0.25) is 0 Å². The second-order valence-electron chi connectivity index (χ2n) is 7.08. The number of nitrogens with one attached hydrogen (secondary N) is 2. The molecule has 2 N–H and O–H groups in total. The molecule has 2 bridgehead atoms. The second kappa shape index (κ2) is 7.43. The Kier molecular flexibility index (Phi) is 5.29. The maximum atomic E-state index is 5.94. The van der Waals surface area contributed by atoms with E-state index in [4.69, 9.17) is 9.73 Å². The van der Waals surface area contributed by atoms with Crippen molar-refractivity contribution < 1.29 is 4.74 Å². The largest absolute Gasteiger partial charge is 0.377 e. The van der Waals surface area contributed by atoms with E-state index in [2.05, 4.69) is 61.7 Å². The zero-order valence-corrected chi connectivity index (χ0v) is 15.3. The molecule has 0 aliphatic carbocycles. The molecule has 0 spiro atoms. The summed E-state index contributed by atoms with van der Waals surface area (Å²) in [5, 5.41) is 6.95. The van der Waals surface area contributed by atoms with E-state index < -0.39 is 0 Å². The molecule has 0 aromatic heterocycles. The first-order valence-electron chi connectivity index (χ1n) is 9.04. The SMILES string of the molecule is CCNC(=NCc1ccc(C)cc1N(C)C)NC1CC2CCC1O2. The van der Waals surface area contributed by atoms with Crippen molar-refractivity contribution >= 4 is 11.6 Å². The van der Waals surface area contributed by atoms with Gasteiger partial charge >= 0.3 is 0 Å². The molecule has 0 radical (unpaired) electrons. The van der Waals surface area contributed by atoms with Gasteiger partial charge in [0.25, 0.3) is 0 Å². The predicted molar refractivity (Wildman–Crippen MR) is 99.8 cm³/mol. The van der Waals surface area contributed by atoms with Gasteiger partial charge in [-0.3, -0.25) is 0 Å². The van der Waals surface area contributed by atoms with Crippen LogP contribution in [0.5, 0.6) is 0 Å². The van der Waals surface area contributed by atoms with E-state index in [0.717, 1.165) is 18.9 Å². The van der Waals surface area contributed by atoms with Crippen LogP contribution in [0.2, 0.25) is 0 Å². The smallest absolute Gasteiger partial charge is 0.191 e. The Balaban J connectivity index is 1.70. The number of hydrogen-bond acceptors (Lipinski definition) is 3. The van der Waals surface area contributed by atoms with E-state index in [1.165, 1.54) is 29.7 Å². The van der Waals surface area contributed by atoms with E-state index in [1.54, 1.807) is 0 Å². The number of fused-ring (bicyclic) bond motifs is 2. The topological polar surface area (TPSA) is 48.9 Å². The van der Waals surface area contributed by atoms with E-state index in [1.807, 2.05) is 0 Å². The lowest BCUT2D eigenvalue weighted by Crippen LogP contribution is -2.47. The highest BCUT2D eigenvalue weighted by atomic mass is 16.5. The zero-order valence-electron chi connectivity index (χ0n) is 15.3. The van der Waals surface area contributed by atoms with E-state index in [-0.39, 0.29) is 0 Å². The van der Waals surface area contributed by atoms with Gasteiger partial charge in [-0.05, 0) is 50.3 Å². The molecule has 3 atom stereocenters. The van der Waals surface area contributed by atoms with Crippen molar-refractivity contribution in [1.29, 1.82) is 0 Å². The van der Waals surface area contributed by atoms with Crippen molar-refractivity contribution in [1.82, 2.24) is 10.6 Å². The molecule has 0 amide bonds. The maximum Gasteiger partial charge on any atom is 0.191 e. The van der Waals surface area contributed by atoms with Gasteiger partial charge in [0.05, 0.1) is 24.8 Å². The normalized spacial score (nSPS) is 25.8. The van der Waals surface area contributed by atoms with E-state index in [9.17, 15) is 0 Å². The standard InChI is InChI=1S/C19H30N4O/c1-5-20-19(22-16-11-15-8-9-18(16)24-15)21-12-14-7-6-13(2)10-17(14)23(3)4/h6-7,10,15-16,18H,5,8-9,11-12H2,1-4H3,(H2,20,21,22). The van der Waals surface area contributed by atoms with Crippen molar-refractivity contribution in [3.05, 3.63) is 29.3 Å². The Morgan fingerprint density at radius 1 is 1.33 bits per heavy atom. The molecule has 5 heteroatoms. The third kappa shape index (κ3) is 3.83. The summed E-state index contributed by atoms with van der Waals surface area (Å²) in [7, 11) is 4.16. The molecule has 3 unspecified atom stereocenters. The molecule has 3 rings (SSSR count). The van der Waals surface area contributed by atoms with Gasteiger partial charge in [-0.1, -0.05) is 12.1 Å². The minimum Gasteiger partial charge on any atom is -0.377 e. The fourth-order valence-electron chi connectivity index (χ4n) is 3.67. The van der Waals surface area contributed by atoms with Crippen LogP contribution in [-0.2, 0) is 11.3 Å². The number of benzene rings is 1. The summed E-state index contributed by atoms with van der Waals surface area (Å²) >= 11 is 0. The molecular weight excluding hydrogens is 300 g/mol. The third-order valence-electron chi connectivity index (χ3n) is 4.90. The number of anilines is 1. The second-order valence-corrected chi connectivity index (χ2v) is 7.08. The van der Waals surface area contributed by atoms with Gasteiger partial charge in [0.1, 0.15) is 0 Å². The number of ether oxygens (including phenoxy) is 1. The summed E-state index contributed by atoms with van der Waals surface area (Å²) in [5.41, 5.74) is 3.75. The van der Waals surface area contributed by atoms with Crippen LogP contribution in [0.25, 0.3) is 0 Å². The van der Waals surface area contributed by atoms with Crippen molar-refractivity contribution in [3.63, 3.8) is 0 Å². The Hall–Kier alpha value is -1.75. The highest BCUT2D eigenvalue weighted by Crippen LogP contribution is 2.34. The first kappa shape index (κ1) is 17.1. The number of aliphatic imine (C=N–C) groups is 1. The fraction of sp³-hybridized carbons (Fsp3) is 0.632. The van der Waals surface area contributed by atoms with Crippen LogP contribution >= 0.6 is 0 Å². The van der Waals surface area contributed by atoms with Crippen LogP contribution < -0.4 is 15.5 Å². The Morgan fingerprint density at radius 3 is 2.79 bits per heavy atom. The summed E-state index contributed by atoms with van der Waals surface area (Å²) in [6.45, 7) is 5.76. The highest BCUT2D eigenvalue weighted by Gasteiger charge is 2.41. The number of nitrogens with zero attached hydrogens (tertiary/aromatic N) is 2. The summed E-state index contributed by atoms with van der Waals surface area (Å²) in [6.07, 6.45) is 4.29. The lowest BCUT2D eigenvalue weighted by atomic mass is 9.96. The average Bonchev–Trinajstić information content (AvgIpc) is 3.16. The Morgan fingerprint density at radius 2 is 2.17 bits per heavy atom. The van der Waals surface area contributed by atoms with Crippen molar-refractivity contribution in [2.45, 2.75) is 57.9 Å². The number of aryl methyl sites for hydroxylation is 1. The zero-order chi connectivity index (χ0) is 17.1.